The van der Waals surface area contributed by atoms with Crippen LogP contribution in [0, 0.1) is 5.82 Å². The highest BCUT2D eigenvalue weighted by Gasteiger charge is 2.24. The molecule has 0 bridgehead atoms. The summed E-state index contributed by atoms with van der Waals surface area (Å²) in [5, 5.41) is 5.74. The lowest BCUT2D eigenvalue weighted by Gasteiger charge is -2.10. The number of amides is 2. The molecule has 0 radical (unpaired) electrons. The number of benzene rings is 3. The van der Waals surface area contributed by atoms with Gasteiger partial charge < -0.3 is 24.5 Å². The molecule has 8 heteroatoms. The molecule has 0 aliphatic heterocycles. The van der Waals surface area contributed by atoms with Gasteiger partial charge in [-0.3, -0.25) is 9.59 Å². The van der Waals surface area contributed by atoms with Crippen LogP contribution in [0.5, 0.6) is 11.5 Å². The molecule has 162 valence electrons. The van der Waals surface area contributed by atoms with Crippen molar-refractivity contribution >= 4 is 34.2 Å². The van der Waals surface area contributed by atoms with E-state index < -0.39 is 17.6 Å². The van der Waals surface area contributed by atoms with Gasteiger partial charge in [-0.05, 0) is 36.4 Å². The van der Waals surface area contributed by atoms with Crippen molar-refractivity contribution in [1.29, 1.82) is 0 Å². The molecule has 4 aromatic rings. The maximum atomic E-state index is 14.0. The molecule has 1 heterocycles. The molecule has 32 heavy (non-hydrogen) atoms. The summed E-state index contributed by atoms with van der Waals surface area (Å²) in [5.41, 5.74) is 0.811. The summed E-state index contributed by atoms with van der Waals surface area (Å²) in [4.78, 5) is 25.9. The highest BCUT2D eigenvalue weighted by molar-refractivity contribution is 6.17. The van der Waals surface area contributed by atoms with Crippen LogP contribution >= 0.6 is 0 Å². The highest BCUT2D eigenvalue weighted by atomic mass is 19.1. The standard InChI is InChI=1S/C24H19FN2O5/c1-30-15-11-14(12-16(13-15)31-2)23(28)27-21-17-7-3-6-10-20(17)32-22(21)24(29)26-19-9-5-4-8-18(19)25/h3-13H,1-2H3,(H,26,29)(H,27,28). The molecule has 0 saturated carbocycles. The molecule has 0 atom stereocenters. The minimum Gasteiger partial charge on any atom is -0.497 e. The Morgan fingerprint density at radius 1 is 0.844 bits per heavy atom. The van der Waals surface area contributed by atoms with Crippen molar-refractivity contribution < 1.29 is 27.9 Å². The SMILES string of the molecule is COc1cc(OC)cc(C(=O)Nc2c(C(=O)Nc3ccccc3F)oc3ccccc23)c1. The number of ether oxygens (including phenoxy) is 2. The maximum absolute atomic E-state index is 14.0. The normalized spacial score (nSPS) is 10.6. The lowest BCUT2D eigenvalue weighted by molar-refractivity contribution is 0.0999. The van der Waals surface area contributed by atoms with Crippen molar-refractivity contribution in [2.75, 3.05) is 24.9 Å². The molecule has 3 aromatic carbocycles. The van der Waals surface area contributed by atoms with Crippen molar-refractivity contribution in [3.63, 3.8) is 0 Å². The molecule has 1 aromatic heterocycles. The van der Waals surface area contributed by atoms with Crippen LogP contribution in [0.15, 0.2) is 71.1 Å². The number of carbonyl (C=O) groups is 2. The summed E-state index contributed by atoms with van der Waals surface area (Å²) in [6.07, 6.45) is 0. The monoisotopic (exact) mass is 434 g/mol. The van der Waals surface area contributed by atoms with Crippen LogP contribution in [0.1, 0.15) is 20.9 Å². The van der Waals surface area contributed by atoms with Crippen molar-refractivity contribution in [3.05, 3.63) is 83.9 Å². The summed E-state index contributed by atoms with van der Waals surface area (Å²) in [6, 6.07) is 17.3. The van der Waals surface area contributed by atoms with Crippen molar-refractivity contribution in [2.45, 2.75) is 0 Å². The highest BCUT2D eigenvalue weighted by Crippen LogP contribution is 2.32. The smallest absolute Gasteiger partial charge is 0.293 e. The van der Waals surface area contributed by atoms with E-state index in [-0.39, 0.29) is 22.7 Å². The number of halogens is 1. The largest absolute Gasteiger partial charge is 0.497 e. The molecule has 4 rings (SSSR count). The molecule has 0 spiro atoms. The molecule has 0 aliphatic carbocycles. The van der Waals surface area contributed by atoms with Crippen LogP contribution in [0.2, 0.25) is 0 Å². The molecular formula is C24H19FN2O5. The molecule has 2 N–H and O–H groups in total. The average Bonchev–Trinajstić information content (AvgIpc) is 3.18. The number of anilines is 2. The summed E-state index contributed by atoms with van der Waals surface area (Å²) in [5.74, 6) is -1.09. The van der Waals surface area contributed by atoms with E-state index in [4.69, 9.17) is 13.9 Å². The van der Waals surface area contributed by atoms with Crippen LogP contribution in [-0.2, 0) is 0 Å². The van der Waals surface area contributed by atoms with Gasteiger partial charge in [0.2, 0.25) is 5.76 Å². The molecule has 7 nitrogen and oxygen atoms in total. The fourth-order valence-corrected chi connectivity index (χ4v) is 3.20. The van der Waals surface area contributed by atoms with Gasteiger partial charge in [0.25, 0.3) is 11.8 Å². The fraction of sp³-hybridized carbons (Fsp3) is 0.0833. The van der Waals surface area contributed by atoms with Gasteiger partial charge in [-0.2, -0.15) is 0 Å². The van der Waals surface area contributed by atoms with E-state index in [0.29, 0.717) is 22.5 Å². The summed E-state index contributed by atoms with van der Waals surface area (Å²) >= 11 is 0. The third kappa shape index (κ3) is 4.11. The molecule has 0 saturated heterocycles. The zero-order valence-electron chi connectivity index (χ0n) is 17.3. The Kier molecular flexibility index (Phi) is 5.76. The van der Waals surface area contributed by atoms with Crippen molar-refractivity contribution in [1.82, 2.24) is 0 Å². The van der Waals surface area contributed by atoms with Crippen LogP contribution < -0.4 is 20.1 Å². The van der Waals surface area contributed by atoms with Gasteiger partial charge in [0.1, 0.15) is 28.6 Å². The quantitative estimate of drug-likeness (QED) is 0.441. The zero-order valence-corrected chi connectivity index (χ0v) is 17.3. The maximum Gasteiger partial charge on any atom is 0.293 e. The van der Waals surface area contributed by atoms with Gasteiger partial charge >= 0.3 is 0 Å². The molecular weight excluding hydrogens is 415 g/mol. The summed E-state index contributed by atoms with van der Waals surface area (Å²) in [7, 11) is 2.95. The van der Waals surface area contributed by atoms with Crippen LogP contribution in [0.4, 0.5) is 15.8 Å². The van der Waals surface area contributed by atoms with E-state index in [9.17, 15) is 14.0 Å². The molecule has 0 fully saturated rings. The Balaban J connectivity index is 1.71. The number of furan rings is 1. The lowest BCUT2D eigenvalue weighted by atomic mass is 10.1. The number of hydrogen-bond acceptors (Lipinski definition) is 5. The number of carbonyl (C=O) groups excluding carboxylic acids is 2. The first-order valence-corrected chi connectivity index (χ1v) is 9.62. The minimum atomic E-state index is -0.704. The van der Waals surface area contributed by atoms with Crippen LogP contribution in [-0.4, -0.2) is 26.0 Å². The van der Waals surface area contributed by atoms with Crippen molar-refractivity contribution in [3.8, 4) is 11.5 Å². The molecule has 2 amide bonds. The first-order chi connectivity index (χ1) is 15.5. The number of hydrogen-bond donors (Lipinski definition) is 2. The van der Waals surface area contributed by atoms with Gasteiger partial charge in [-0.15, -0.1) is 0 Å². The third-order valence-corrected chi connectivity index (χ3v) is 4.78. The minimum absolute atomic E-state index is 0.00670. The Morgan fingerprint density at radius 3 is 2.19 bits per heavy atom. The summed E-state index contributed by atoms with van der Waals surface area (Å²) in [6.45, 7) is 0. The molecule has 0 aliphatic rings. The summed E-state index contributed by atoms with van der Waals surface area (Å²) < 4.78 is 30.1. The topological polar surface area (TPSA) is 89.8 Å². The zero-order chi connectivity index (χ0) is 22.7. The number of nitrogens with one attached hydrogen (secondary N) is 2. The Hall–Kier alpha value is -4.33. The second kappa shape index (κ2) is 8.81. The average molecular weight is 434 g/mol. The van der Waals surface area contributed by atoms with E-state index in [1.54, 1.807) is 48.5 Å². The number of methoxy groups -OCH3 is 2. The number of fused-ring (bicyclic) bond motifs is 1. The first kappa shape index (κ1) is 20.9. The van der Waals surface area contributed by atoms with E-state index in [2.05, 4.69) is 10.6 Å². The van der Waals surface area contributed by atoms with E-state index in [1.807, 2.05) is 0 Å². The van der Waals surface area contributed by atoms with Crippen LogP contribution in [0.25, 0.3) is 11.0 Å². The van der Waals surface area contributed by atoms with Crippen molar-refractivity contribution in [2.24, 2.45) is 0 Å². The van der Waals surface area contributed by atoms with Gasteiger partial charge in [0.05, 0.1) is 19.9 Å². The van der Waals surface area contributed by atoms with Crippen LogP contribution in [0.3, 0.4) is 0 Å². The Labute approximate surface area is 182 Å². The predicted molar refractivity (Wildman–Crippen MR) is 118 cm³/mol. The Bertz CT molecular complexity index is 1290. The second-order valence-corrected chi connectivity index (χ2v) is 6.79. The number of para-hydroxylation sites is 2. The van der Waals surface area contributed by atoms with Gasteiger partial charge in [0, 0.05) is 17.0 Å². The second-order valence-electron chi connectivity index (χ2n) is 6.79. The molecule has 0 unspecified atom stereocenters. The third-order valence-electron chi connectivity index (χ3n) is 4.78. The van der Waals surface area contributed by atoms with Gasteiger partial charge in [-0.1, -0.05) is 24.3 Å². The fourth-order valence-electron chi connectivity index (χ4n) is 3.20. The van der Waals surface area contributed by atoms with E-state index in [1.165, 1.54) is 32.4 Å². The lowest BCUT2D eigenvalue weighted by Crippen LogP contribution is -2.17. The van der Waals surface area contributed by atoms with Gasteiger partial charge in [0.15, 0.2) is 0 Å². The van der Waals surface area contributed by atoms with E-state index in [0.717, 1.165) is 0 Å². The van der Waals surface area contributed by atoms with Gasteiger partial charge in [-0.25, -0.2) is 4.39 Å². The first-order valence-electron chi connectivity index (χ1n) is 9.62. The van der Waals surface area contributed by atoms with E-state index >= 15 is 0 Å². The number of rotatable bonds is 6. The predicted octanol–water partition coefficient (Wildman–Crippen LogP) is 5.09. The Morgan fingerprint density at radius 2 is 1.50 bits per heavy atom.